The fourth-order valence-corrected chi connectivity index (χ4v) is 1.69. The number of aryl methyl sites for hydroxylation is 1. The Kier molecular flexibility index (Phi) is 3.99. The van der Waals surface area contributed by atoms with Crippen LogP contribution in [0.15, 0.2) is 18.2 Å². The van der Waals surface area contributed by atoms with Crippen LogP contribution in [-0.2, 0) is 12.8 Å². The Bertz CT molecular complexity index is 289. The summed E-state index contributed by atoms with van der Waals surface area (Å²) in [7, 11) is 0. The summed E-state index contributed by atoms with van der Waals surface area (Å²) in [6, 6.07) is 6.09. The normalized spacial score (nSPS) is 10.9. The maximum absolute atomic E-state index is 9.74. The summed E-state index contributed by atoms with van der Waals surface area (Å²) in [5.41, 5.74) is 2.30. The van der Waals surface area contributed by atoms with Gasteiger partial charge in [0.15, 0.2) is 0 Å². The van der Waals surface area contributed by atoms with Gasteiger partial charge in [0.1, 0.15) is 5.75 Å². The van der Waals surface area contributed by atoms with Gasteiger partial charge in [0, 0.05) is 0 Å². The van der Waals surface area contributed by atoms with E-state index in [-0.39, 0.29) is 0 Å². The standard InChI is InChI=1S/C13H20O/c1-4-5-12-7-6-11(8-10(2)3)9-13(12)14/h6-7,9-10,14H,4-5,8H2,1-3H3. The summed E-state index contributed by atoms with van der Waals surface area (Å²) in [6.45, 7) is 6.51. The Labute approximate surface area is 86.8 Å². The van der Waals surface area contributed by atoms with Crippen LogP contribution < -0.4 is 0 Å². The molecule has 1 aromatic rings. The second kappa shape index (κ2) is 5.04. The molecule has 0 aliphatic heterocycles. The summed E-state index contributed by atoms with van der Waals surface area (Å²) < 4.78 is 0. The van der Waals surface area contributed by atoms with Crippen LogP contribution in [0.4, 0.5) is 0 Å². The average molecular weight is 192 g/mol. The Hall–Kier alpha value is -0.980. The molecule has 1 rings (SSSR count). The largest absolute Gasteiger partial charge is 0.508 e. The maximum Gasteiger partial charge on any atom is 0.119 e. The van der Waals surface area contributed by atoms with Crippen LogP contribution >= 0.6 is 0 Å². The van der Waals surface area contributed by atoms with Crippen molar-refractivity contribution in [1.29, 1.82) is 0 Å². The van der Waals surface area contributed by atoms with Crippen LogP contribution in [0.25, 0.3) is 0 Å². The minimum atomic E-state index is 0.463. The first-order valence-electron chi connectivity index (χ1n) is 5.44. The van der Waals surface area contributed by atoms with Crippen molar-refractivity contribution in [2.45, 2.75) is 40.0 Å². The van der Waals surface area contributed by atoms with Crippen molar-refractivity contribution in [3.05, 3.63) is 29.3 Å². The molecule has 1 heteroatoms. The number of benzene rings is 1. The third-order valence-electron chi connectivity index (χ3n) is 2.31. The molecule has 0 amide bonds. The fraction of sp³-hybridized carbons (Fsp3) is 0.538. The molecule has 0 aliphatic carbocycles. The summed E-state index contributed by atoms with van der Waals surface area (Å²) in [4.78, 5) is 0. The van der Waals surface area contributed by atoms with E-state index in [1.807, 2.05) is 6.07 Å². The molecule has 1 aromatic carbocycles. The van der Waals surface area contributed by atoms with Gasteiger partial charge in [-0.15, -0.1) is 0 Å². The number of hydrogen-bond acceptors (Lipinski definition) is 1. The van der Waals surface area contributed by atoms with E-state index in [0.717, 1.165) is 24.8 Å². The quantitative estimate of drug-likeness (QED) is 0.773. The molecule has 0 aliphatic rings. The SMILES string of the molecule is CCCc1ccc(CC(C)C)cc1O. The van der Waals surface area contributed by atoms with E-state index in [1.165, 1.54) is 5.56 Å². The van der Waals surface area contributed by atoms with Gasteiger partial charge in [-0.05, 0) is 36.0 Å². The molecule has 1 N–H and O–H groups in total. The van der Waals surface area contributed by atoms with Crippen molar-refractivity contribution < 1.29 is 5.11 Å². The zero-order chi connectivity index (χ0) is 10.6. The first-order chi connectivity index (χ1) is 6.63. The van der Waals surface area contributed by atoms with E-state index in [9.17, 15) is 5.11 Å². The second-order valence-corrected chi connectivity index (χ2v) is 4.31. The highest BCUT2D eigenvalue weighted by Gasteiger charge is 2.03. The molecular formula is C13H20O. The molecule has 0 aromatic heterocycles. The molecule has 1 nitrogen and oxygen atoms in total. The van der Waals surface area contributed by atoms with E-state index in [0.29, 0.717) is 11.7 Å². The highest BCUT2D eigenvalue weighted by Crippen LogP contribution is 2.21. The number of rotatable bonds is 4. The molecule has 0 bridgehead atoms. The van der Waals surface area contributed by atoms with Crippen molar-refractivity contribution in [2.75, 3.05) is 0 Å². The van der Waals surface area contributed by atoms with E-state index >= 15 is 0 Å². The van der Waals surface area contributed by atoms with Crippen molar-refractivity contribution in [1.82, 2.24) is 0 Å². The van der Waals surface area contributed by atoms with Gasteiger partial charge in [-0.25, -0.2) is 0 Å². The Balaban J connectivity index is 2.78. The predicted molar refractivity (Wildman–Crippen MR) is 60.6 cm³/mol. The first kappa shape index (κ1) is 11.1. The molecule has 0 fully saturated rings. The minimum absolute atomic E-state index is 0.463. The molecule has 0 unspecified atom stereocenters. The van der Waals surface area contributed by atoms with Crippen molar-refractivity contribution in [3.63, 3.8) is 0 Å². The lowest BCUT2D eigenvalue weighted by Gasteiger charge is -2.08. The fourth-order valence-electron chi connectivity index (χ4n) is 1.69. The Morgan fingerprint density at radius 1 is 1.29 bits per heavy atom. The molecule has 0 saturated carbocycles. The van der Waals surface area contributed by atoms with Gasteiger partial charge >= 0.3 is 0 Å². The van der Waals surface area contributed by atoms with Gasteiger partial charge in [0.25, 0.3) is 0 Å². The van der Waals surface area contributed by atoms with Gasteiger partial charge in [-0.1, -0.05) is 39.3 Å². The predicted octanol–water partition coefficient (Wildman–Crippen LogP) is 3.54. The second-order valence-electron chi connectivity index (χ2n) is 4.31. The van der Waals surface area contributed by atoms with Crippen molar-refractivity contribution >= 4 is 0 Å². The lowest BCUT2D eigenvalue weighted by Crippen LogP contribution is -1.94. The molecule has 14 heavy (non-hydrogen) atoms. The Morgan fingerprint density at radius 2 is 2.00 bits per heavy atom. The highest BCUT2D eigenvalue weighted by atomic mass is 16.3. The number of hydrogen-bond donors (Lipinski definition) is 1. The van der Waals surface area contributed by atoms with Gasteiger partial charge in [-0.3, -0.25) is 0 Å². The molecule has 0 atom stereocenters. The van der Waals surface area contributed by atoms with Crippen molar-refractivity contribution in [3.8, 4) is 5.75 Å². The molecule has 0 heterocycles. The summed E-state index contributed by atoms with van der Waals surface area (Å²) in [5.74, 6) is 1.11. The smallest absolute Gasteiger partial charge is 0.119 e. The third-order valence-corrected chi connectivity index (χ3v) is 2.31. The van der Waals surface area contributed by atoms with E-state index < -0.39 is 0 Å². The molecule has 78 valence electrons. The summed E-state index contributed by atoms with van der Waals surface area (Å²) in [5, 5.41) is 9.74. The summed E-state index contributed by atoms with van der Waals surface area (Å²) in [6.07, 6.45) is 3.09. The molecular weight excluding hydrogens is 172 g/mol. The minimum Gasteiger partial charge on any atom is -0.508 e. The first-order valence-corrected chi connectivity index (χ1v) is 5.44. The van der Waals surface area contributed by atoms with Crippen LogP contribution in [0, 0.1) is 5.92 Å². The van der Waals surface area contributed by atoms with Crippen LogP contribution in [0.5, 0.6) is 5.75 Å². The van der Waals surface area contributed by atoms with Gasteiger partial charge in [0.05, 0.1) is 0 Å². The van der Waals surface area contributed by atoms with Crippen LogP contribution in [-0.4, -0.2) is 5.11 Å². The van der Waals surface area contributed by atoms with E-state index in [2.05, 4.69) is 32.9 Å². The van der Waals surface area contributed by atoms with Crippen molar-refractivity contribution in [2.24, 2.45) is 5.92 Å². The van der Waals surface area contributed by atoms with Gasteiger partial charge in [-0.2, -0.15) is 0 Å². The van der Waals surface area contributed by atoms with Gasteiger partial charge in [0.2, 0.25) is 0 Å². The van der Waals surface area contributed by atoms with Crippen LogP contribution in [0.1, 0.15) is 38.3 Å². The highest BCUT2D eigenvalue weighted by molar-refractivity contribution is 5.36. The topological polar surface area (TPSA) is 20.2 Å². The number of aromatic hydroxyl groups is 1. The monoisotopic (exact) mass is 192 g/mol. The molecule has 0 saturated heterocycles. The van der Waals surface area contributed by atoms with Crippen LogP contribution in [0.2, 0.25) is 0 Å². The van der Waals surface area contributed by atoms with E-state index in [4.69, 9.17) is 0 Å². The zero-order valence-electron chi connectivity index (χ0n) is 9.38. The molecule has 0 radical (unpaired) electrons. The third kappa shape index (κ3) is 3.06. The maximum atomic E-state index is 9.74. The Morgan fingerprint density at radius 3 is 2.50 bits per heavy atom. The summed E-state index contributed by atoms with van der Waals surface area (Å²) >= 11 is 0. The number of phenolic OH excluding ortho intramolecular Hbond substituents is 1. The number of phenols is 1. The average Bonchev–Trinajstić information content (AvgIpc) is 2.09. The lowest BCUT2D eigenvalue weighted by atomic mass is 10.00. The molecule has 0 spiro atoms. The zero-order valence-corrected chi connectivity index (χ0v) is 9.38. The van der Waals surface area contributed by atoms with Crippen LogP contribution in [0.3, 0.4) is 0 Å². The van der Waals surface area contributed by atoms with E-state index in [1.54, 1.807) is 0 Å². The lowest BCUT2D eigenvalue weighted by molar-refractivity contribution is 0.466. The van der Waals surface area contributed by atoms with Gasteiger partial charge < -0.3 is 5.11 Å².